The van der Waals surface area contributed by atoms with Crippen molar-refractivity contribution in [1.29, 1.82) is 0 Å². The molecule has 3 nitrogen and oxygen atoms in total. The van der Waals surface area contributed by atoms with Crippen molar-refractivity contribution in [2.75, 3.05) is 5.32 Å². The Hall–Kier alpha value is -1.29. The molecule has 0 aromatic carbocycles. The van der Waals surface area contributed by atoms with Gasteiger partial charge in [-0.25, -0.2) is 4.98 Å². The highest BCUT2D eigenvalue weighted by molar-refractivity contribution is 7.15. The van der Waals surface area contributed by atoms with E-state index in [2.05, 4.69) is 17.2 Å². The van der Waals surface area contributed by atoms with E-state index in [9.17, 15) is 0 Å². The number of aryl methyl sites for hydroxylation is 2. The van der Waals surface area contributed by atoms with E-state index in [1.807, 2.05) is 25.3 Å². The van der Waals surface area contributed by atoms with Gasteiger partial charge in [0.25, 0.3) is 0 Å². The van der Waals surface area contributed by atoms with Crippen LogP contribution in [0.25, 0.3) is 0 Å². The smallest absolute Gasteiger partial charge is 0.183 e. The van der Waals surface area contributed by atoms with Crippen molar-refractivity contribution in [2.24, 2.45) is 0 Å². The molecule has 0 unspecified atom stereocenters. The molecule has 2 aromatic heterocycles. The number of furan rings is 1. The van der Waals surface area contributed by atoms with E-state index in [0.29, 0.717) is 6.54 Å². The lowest BCUT2D eigenvalue weighted by atomic mass is 10.3. The van der Waals surface area contributed by atoms with E-state index in [1.165, 1.54) is 11.3 Å². The maximum Gasteiger partial charge on any atom is 0.183 e. The molecule has 86 valence electrons. The maximum atomic E-state index is 5.47. The summed E-state index contributed by atoms with van der Waals surface area (Å²) in [5.74, 6) is 1.90. The molecule has 0 fully saturated rings. The second-order valence-electron chi connectivity index (χ2n) is 3.75. The SMILES string of the molecule is CCCc1cnc(NCc2ccc(C)o2)s1. The van der Waals surface area contributed by atoms with E-state index in [-0.39, 0.29) is 0 Å². The molecule has 0 bridgehead atoms. The van der Waals surface area contributed by atoms with Gasteiger partial charge in [-0.05, 0) is 25.5 Å². The van der Waals surface area contributed by atoms with Crippen molar-refractivity contribution in [3.05, 3.63) is 34.7 Å². The van der Waals surface area contributed by atoms with Gasteiger partial charge in [-0.15, -0.1) is 11.3 Å². The zero-order valence-electron chi connectivity index (χ0n) is 9.62. The van der Waals surface area contributed by atoms with Gasteiger partial charge in [0, 0.05) is 11.1 Å². The van der Waals surface area contributed by atoms with E-state index in [4.69, 9.17) is 4.42 Å². The fraction of sp³-hybridized carbons (Fsp3) is 0.417. The summed E-state index contributed by atoms with van der Waals surface area (Å²) < 4.78 is 5.47. The molecule has 4 heteroatoms. The van der Waals surface area contributed by atoms with Crippen molar-refractivity contribution in [3.8, 4) is 0 Å². The molecule has 16 heavy (non-hydrogen) atoms. The number of aromatic nitrogens is 1. The molecule has 0 amide bonds. The summed E-state index contributed by atoms with van der Waals surface area (Å²) in [6.07, 6.45) is 4.22. The molecule has 0 aliphatic heterocycles. The second-order valence-corrected chi connectivity index (χ2v) is 4.86. The molecule has 0 saturated heterocycles. The van der Waals surface area contributed by atoms with E-state index in [0.717, 1.165) is 23.1 Å². The Morgan fingerprint density at radius 2 is 2.31 bits per heavy atom. The molecule has 2 heterocycles. The van der Waals surface area contributed by atoms with Gasteiger partial charge >= 0.3 is 0 Å². The van der Waals surface area contributed by atoms with Crippen molar-refractivity contribution in [3.63, 3.8) is 0 Å². The summed E-state index contributed by atoms with van der Waals surface area (Å²) in [4.78, 5) is 5.66. The molecular weight excluding hydrogens is 220 g/mol. The lowest BCUT2D eigenvalue weighted by molar-refractivity contribution is 0.490. The molecular formula is C12H16N2OS. The molecule has 0 atom stereocenters. The molecule has 1 N–H and O–H groups in total. The third kappa shape index (κ3) is 2.85. The third-order valence-electron chi connectivity index (χ3n) is 2.26. The van der Waals surface area contributed by atoms with Crippen molar-refractivity contribution >= 4 is 16.5 Å². The lowest BCUT2D eigenvalue weighted by Gasteiger charge is -1.98. The minimum Gasteiger partial charge on any atom is -0.465 e. The van der Waals surface area contributed by atoms with Crippen molar-refractivity contribution < 1.29 is 4.42 Å². The van der Waals surface area contributed by atoms with E-state index >= 15 is 0 Å². The van der Waals surface area contributed by atoms with Gasteiger partial charge in [0.15, 0.2) is 5.13 Å². The maximum absolute atomic E-state index is 5.47. The number of nitrogens with one attached hydrogen (secondary N) is 1. The Morgan fingerprint density at radius 1 is 1.44 bits per heavy atom. The Bertz CT molecular complexity index is 447. The van der Waals surface area contributed by atoms with E-state index in [1.54, 1.807) is 11.3 Å². The van der Waals surface area contributed by atoms with Crippen LogP contribution in [0.4, 0.5) is 5.13 Å². The molecule has 0 saturated carbocycles. The van der Waals surface area contributed by atoms with Crippen LogP contribution in [0.1, 0.15) is 29.7 Å². The summed E-state index contributed by atoms with van der Waals surface area (Å²) in [5.41, 5.74) is 0. The number of hydrogen-bond donors (Lipinski definition) is 1. The first-order valence-electron chi connectivity index (χ1n) is 5.52. The van der Waals surface area contributed by atoms with Gasteiger partial charge in [0.2, 0.25) is 0 Å². The predicted molar refractivity (Wildman–Crippen MR) is 66.9 cm³/mol. The van der Waals surface area contributed by atoms with Gasteiger partial charge < -0.3 is 9.73 Å². The predicted octanol–water partition coefficient (Wildman–Crippen LogP) is 3.61. The lowest BCUT2D eigenvalue weighted by Crippen LogP contribution is -1.96. The van der Waals surface area contributed by atoms with Crippen molar-refractivity contribution in [1.82, 2.24) is 4.98 Å². The fourth-order valence-corrected chi connectivity index (χ4v) is 2.40. The van der Waals surface area contributed by atoms with Crippen LogP contribution in [0.3, 0.4) is 0 Å². The summed E-state index contributed by atoms with van der Waals surface area (Å²) in [6, 6.07) is 3.96. The minimum absolute atomic E-state index is 0.701. The molecule has 2 aromatic rings. The first kappa shape index (κ1) is 11.2. The van der Waals surface area contributed by atoms with Gasteiger partial charge in [0.05, 0.1) is 6.54 Å². The van der Waals surface area contributed by atoms with Crippen LogP contribution in [-0.4, -0.2) is 4.98 Å². The summed E-state index contributed by atoms with van der Waals surface area (Å²) >= 11 is 1.72. The molecule has 0 spiro atoms. The van der Waals surface area contributed by atoms with Crippen LogP contribution in [0, 0.1) is 6.92 Å². The number of hydrogen-bond acceptors (Lipinski definition) is 4. The summed E-state index contributed by atoms with van der Waals surface area (Å²) in [5, 5.41) is 4.24. The molecule has 0 aliphatic rings. The largest absolute Gasteiger partial charge is 0.465 e. The van der Waals surface area contributed by atoms with Crippen LogP contribution in [0.2, 0.25) is 0 Å². The molecule has 2 rings (SSSR count). The van der Waals surface area contributed by atoms with Gasteiger partial charge in [-0.1, -0.05) is 13.3 Å². The van der Waals surface area contributed by atoms with Crippen molar-refractivity contribution in [2.45, 2.75) is 33.2 Å². The van der Waals surface area contributed by atoms with Crippen LogP contribution in [0.5, 0.6) is 0 Å². The first-order valence-corrected chi connectivity index (χ1v) is 6.33. The Balaban J connectivity index is 1.89. The molecule has 0 radical (unpaired) electrons. The number of anilines is 1. The van der Waals surface area contributed by atoms with Crippen LogP contribution in [0.15, 0.2) is 22.7 Å². The standard InChI is InChI=1S/C12H16N2OS/c1-3-4-11-8-14-12(16-11)13-7-10-6-5-9(2)15-10/h5-6,8H,3-4,7H2,1-2H3,(H,13,14). The highest BCUT2D eigenvalue weighted by Gasteiger charge is 2.02. The van der Waals surface area contributed by atoms with Crippen LogP contribution >= 0.6 is 11.3 Å². The zero-order chi connectivity index (χ0) is 11.4. The van der Waals surface area contributed by atoms with E-state index < -0.39 is 0 Å². The van der Waals surface area contributed by atoms with Crippen LogP contribution < -0.4 is 5.32 Å². The highest BCUT2D eigenvalue weighted by atomic mass is 32.1. The average Bonchev–Trinajstić information content (AvgIpc) is 2.85. The fourth-order valence-electron chi connectivity index (χ4n) is 1.49. The average molecular weight is 236 g/mol. The highest BCUT2D eigenvalue weighted by Crippen LogP contribution is 2.20. The van der Waals surface area contributed by atoms with Gasteiger partial charge in [-0.3, -0.25) is 0 Å². The second kappa shape index (κ2) is 5.16. The topological polar surface area (TPSA) is 38.1 Å². The number of thiazole rings is 1. The Morgan fingerprint density at radius 3 is 3.00 bits per heavy atom. The Kier molecular flexibility index (Phi) is 3.62. The normalized spacial score (nSPS) is 10.6. The van der Waals surface area contributed by atoms with Crippen LogP contribution in [-0.2, 0) is 13.0 Å². The summed E-state index contributed by atoms with van der Waals surface area (Å²) in [7, 11) is 0. The Labute approximate surface area is 99.5 Å². The van der Waals surface area contributed by atoms with Gasteiger partial charge in [-0.2, -0.15) is 0 Å². The minimum atomic E-state index is 0.701. The summed E-state index contributed by atoms with van der Waals surface area (Å²) in [6.45, 7) is 4.83. The van der Waals surface area contributed by atoms with Gasteiger partial charge in [0.1, 0.15) is 11.5 Å². The number of rotatable bonds is 5. The molecule has 0 aliphatic carbocycles. The third-order valence-corrected chi connectivity index (χ3v) is 3.27. The quantitative estimate of drug-likeness (QED) is 0.861. The monoisotopic (exact) mass is 236 g/mol. The zero-order valence-corrected chi connectivity index (χ0v) is 10.4. The number of nitrogens with zero attached hydrogens (tertiary/aromatic N) is 1. The first-order chi connectivity index (χ1) is 7.78.